The summed E-state index contributed by atoms with van der Waals surface area (Å²) in [6, 6.07) is 0. The highest BCUT2D eigenvalue weighted by Gasteiger charge is 2.19. The number of carbonyl (C=O) groups is 3. The van der Waals surface area contributed by atoms with Gasteiger partial charge < -0.3 is 14.2 Å². The van der Waals surface area contributed by atoms with Gasteiger partial charge in [0, 0.05) is 19.3 Å². The first kappa shape index (κ1) is 73.6. The monoisotopic (exact) mass is 1070 g/mol. The van der Waals surface area contributed by atoms with Crippen LogP contribution in [-0.2, 0) is 28.6 Å². The smallest absolute Gasteiger partial charge is 0.306 e. The third-order valence-electron chi connectivity index (χ3n) is 14.4. The van der Waals surface area contributed by atoms with E-state index < -0.39 is 6.10 Å². The number of hydrogen-bond donors (Lipinski definition) is 0. The number of hydrogen-bond acceptors (Lipinski definition) is 6. The molecule has 0 aromatic rings. The van der Waals surface area contributed by atoms with E-state index in [1.54, 1.807) is 0 Å². The van der Waals surface area contributed by atoms with Crippen molar-refractivity contribution in [3.63, 3.8) is 0 Å². The van der Waals surface area contributed by atoms with Crippen molar-refractivity contribution in [1.82, 2.24) is 0 Å². The molecule has 444 valence electrons. The summed E-state index contributed by atoms with van der Waals surface area (Å²) >= 11 is 0. The molecule has 0 heterocycles. The number of allylic oxidation sites excluding steroid dienone is 14. The summed E-state index contributed by atoms with van der Waals surface area (Å²) in [5, 5.41) is 0. The normalized spacial score (nSPS) is 12.6. The van der Waals surface area contributed by atoms with E-state index in [1.807, 2.05) is 0 Å². The second kappa shape index (κ2) is 65.1. The van der Waals surface area contributed by atoms with Gasteiger partial charge in [-0.2, -0.15) is 0 Å². The lowest BCUT2D eigenvalue weighted by Crippen LogP contribution is -2.30. The van der Waals surface area contributed by atoms with Gasteiger partial charge in [-0.15, -0.1) is 0 Å². The molecule has 0 amide bonds. The van der Waals surface area contributed by atoms with E-state index in [9.17, 15) is 14.4 Å². The number of carbonyl (C=O) groups excluding carboxylic acids is 3. The maximum Gasteiger partial charge on any atom is 0.306 e. The summed E-state index contributed by atoms with van der Waals surface area (Å²) in [7, 11) is 0. The molecule has 0 saturated carbocycles. The van der Waals surface area contributed by atoms with Gasteiger partial charge in [-0.25, -0.2) is 0 Å². The van der Waals surface area contributed by atoms with Crippen LogP contribution >= 0.6 is 0 Å². The zero-order chi connectivity index (χ0) is 55.7. The van der Waals surface area contributed by atoms with Crippen molar-refractivity contribution in [3.05, 3.63) is 85.1 Å². The predicted octanol–water partition coefficient (Wildman–Crippen LogP) is 22.7. The largest absolute Gasteiger partial charge is 0.462 e. The summed E-state index contributed by atoms with van der Waals surface area (Å²) in [5.41, 5.74) is 0. The Morgan fingerprint density at radius 1 is 0.273 bits per heavy atom. The molecule has 1 unspecified atom stereocenters. The van der Waals surface area contributed by atoms with Crippen molar-refractivity contribution in [2.24, 2.45) is 0 Å². The van der Waals surface area contributed by atoms with E-state index in [0.717, 1.165) is 103 Å². The van der Waals surface area contributed by atoms with E-state index in [2.05, 4.69) is 106 Å². The Bertz CT molecular complexity index is 1470. The van der Waals surface area contributed by atoms with Crippen LogP contribution in [0.2, 0.25) is 0 Å². The van der Waals surface area contributed by atoms with Gasteiger partial charge in [0.05, 0.1) is 0 Å². The first-order valence-electron chi connectivity index (χ1n) is 33.1. The highest BCUT2D eigenvalue weighted by atomic mass is 16.6. The third-order valence-corrected chi connectivity index (χ3v) is 14.4. The first-order chi connectivity index (χ1) is 38.0. The van der Waals surface area contributed by atoms with Crippen molar-refractivity contribution in [1.29, 1.82) is 0 Å². The fourth-order valence-electron chi connectivity index (χ4n) is 9.40. The summed E-state index contributed by atoms with van der Waals surface area (Å²) in [4.78, 5) is 38.4. The van der Waals surface area contributed by atoms with Gasteiger partial charge in [-0.3, -0.25) is 14.4 Å². The SMILES string of the molecule is CC/C=C\C/C=C\C/C=C\C/C=C\CCCCCCCCC(=O)OC(COC(=O)CCCCCCCCCCC/C=C\C/C=C\CCCCCCC)COC(=O)CCCCCCCCCCC/C=C\CCCCCCCC. The average Bonchev–Trinajstić information content (AvgIpc) is 3.43. The fraction of sp³-hybridized carbons (Fsp3) is 0.761. The molecular weight excluding hydrogens is 949 g/mol. The van der Waals surface area contributed by atoms with Crippen molar-refractivity contribution in [3.8, 4) is 0 Å². The van der Waals surface area contributed by atoms with E-state index in [4.69, 9.17) is 14.2 Å². The molecule has 0 spiro atoms. The van der Waals surface area contributed by atoms with E-state index in [1.165, 1.54) is 186 Å². The summed E-state index contributed by atoms with van der Waals surface area (Å²) in [5.74, 6) is -0.889. The molecule has 0 fully saturated rings. The van der Waals surface area contributed by atoms with Crippen LogP contribution in [0.4, 0.5) is 0 Å². The number of esters is 3. The Morgan fingerprint density at radius 3 is 0.805 bits per heavy atom. The molecule has 6 nitrogen and oxygen atoms in total. The molecule has 0 aliphatic rings. The summed E-state index contributed by atoms with van der Waals surface area (Å²) in [6.45, 7) is 6.54. The minimum absolute atomic E-state index is 0.0836. The van der Waals surface area contributed by atoms with Gasteiger partial charge in [0.2, 0.25) is 0 Å². The van der Waals surface area contributed by atoms with E-state index in [-0.39, 0.29) is 31.1 Å². The van der Waals surface area contributed by atoms with Crippen LogP contribution in [0.25, 0.3) is 0 Å². The lowest BCUT2D eigenvalue weighted by Gasteiger charge is -2.18. The molecule has 0 bridgehead atoms. The van der Waals surface area contributed by atoms with Crippen molar-refractivity contribution < 1.29 is 28.6 Å². The van der Waals surface area contributed by atoms with Gasteiger partial charge >= 0.3 is 17.9 Å². The molecule has 6 heteroatoms. The van der Waals surface area contributed by atoms with Crippen LogP contribution in [0.5, 0.6) is 0 Å². The summed E-state index contributed by atoms with van der Waals surface area (Å²) in [6.07, 6.45) is 85.8. The molecule has 1 atom stereocenters. The highest BCUT2D eigenvalue weighted by molar-refractivity contribution is 5.71. The zero-order valence-electron chi connectivity index (χ0n) is 51.0. The molecule has 0 aliphatic heterocycles. The van der Waals surface area contributed by atoms with E-state index >= 15 is 0 Å². The van der Waals surface area contributed by atoms with Gasteiger partial charge in [0.25, 0.3) is 0 Å². The number of unbranched alkanes of at least 4 members (excludes halogenated alkanes) is 35. The van der Waals surface area contributed by atoms with Gasteiger partial charge in [-0.05, 0) is 116 Å². The maximum atomic E-state index is 12.9. The standard InChI is InChI=1S/C71H124O6/c1-4-7-10-13-16-19-22-25-28-31-34-35-38-40-43-46-49-52-55-58-61-64-70(73)76-67-68(77-71(74)65-62-59-56-53-50-47-44-41-37-33-30-27-24-21-18-15-12-9-6-3)66-75-69(72)63-60-57-54-51-48-45-42-39-36-32-29-26-23-20-17-14-11-8-5-2/h9,12,18,21-22,25-27,29-31,34,37,41,68H,4-8,10-11,13-17,19-20,23-24,28,32-33,35-36,38-40,42-67H2,1-3H3/b12-9-,21-18-,25-22-,29-26-,30-27-,34-31-,41-37-. The van der Waals surface area contributed by atoms with Crippen LogP contribution in [0.3, 0.4) is 0 Å². The lowest BCUT2D eigenvalue weighted by atomic mass is 10.1. The Balaban J connectivity index is 4.40. The number of rotatable bonds is 60. The van der Waals surface area contributed by atoms with Crippen LogP contribution in [0.15, 0.2) is 85.1 Å². The molecule has 0 aromatic carbocycles. The second-order valence-corrected chi connectivity index (χ2v) is 22.0. The molecule has 0 aromatic heterocycles. The molecule has 0 N–H and O–H groups in total. The zero-order valence-corrected chi connectivity index (χ0v) is 51.0. The average molecular weight is 1070 g/mol. The van der Waals surface area contributed by atoms with Crippen LogP contribution in [0, 0.1) is 0 Å². The Labute approximate surface area is 477 Å². The predicted molar refractivity (Wildman–Crippen MR) is 334 cm³/mol. The first-order valence-corrected chi connectivity index (χ1v) is 33.1. The van der Waals surface area contributed by atoms with Crippen LogP contribution < -0.4 is 0 Å². The highest BCUT2D eigenvalue weighted by Crippen LogP contribution is 2.16. The van der Waals surface area contributed by atoms with Gasteiger partial charge in [-0.1, -0.05) is 279 Å². The van der Waals surface area contributed by atoms with Crippen LogP contribution in [-0.4, -0.2) is 37.2 Å². The lowest BCUT2D eigenvalue weighted by molar-refractivity contribution is -0.167. The second-order valence-electron chi connectivity index (χ2n) is 22.0. The quantitative estimate of drug-likeness (QED) is 0.0261. The number of ether oxygens (including phenoxy) is 3. The Kier molecular flexibility index (Phi) is 62.2. The topological polar surface area (TPSA) is 78.9 Å². The minimum atomic E-state index is -0.789. The van der Waals surface area contributed by atoms with E-state index in [0.29, 0.717) is 19.3 Å². The fourth-order valence-corrected chi connectivity index (χ4v) is 9.40. The van der Waals surface area contributed by atoms with Crippen molar-refractivity contribution in [2.45, 2.75) is 335 Å². The van der Waals surface area contributed by atoms with Gasteiger partial charge in [0.15, 0.2) is 6.10 Å². The maximum absolute atomic E-state index is 12.9. The van der Waals surface area contributed by atoms with Gasteiger partial charge in [0.1, 0.15) is 13.2 Å². The minimum Gasteiger partial charge on any atom is -0.462 e. The third kappa shape index (κ3) is 63.3. The van der Waals surface area contributed by atoms with Crippen molar-refractivity contribution in [2.75, 3.05) is 13.2 Å². The molecule has 0 rings (SSSR count). The van der Waals surface area contributed by atoms with Crippen LogP contribution in [0.1, 0.15) is 329 Å². The summed E-state index contributed by atoms with van der Waals surface area (Å²) < 4.78 is 17.0. The molecular formula is C71H124O6. The molecule has 0 radical (unpaired) electrons. The Hall–Kier alpha value is -3.41. The Morgan fingerprint density at radius 2 is 0.506 bits per heavy atom. The molecule has 77 heavy (non-hydrogen) atoms. The van der Waals surface area contributed by atoms with Crippen molar-refractivity contribution >= 4 is 17.9 Å². The molecule has 0 aliphatic carbocycles. The molecule has 0 saturated heterocycles.